The number of thiophene rings is 1. The van der Waals surface area contributed by atoms with Crippen molar-refractivity contribution in [2.45, 2.75) is 6.36 Å². The third-order valence-electron chi connectivity index (χ3n) is 4.50. The van der Waals surface area contributed by atoms with Crippen molar-refractivity contribution in [1.82, 2.24) is 0 Å². The van der Waals surface area contributed by atoms with Crippen LogP contribution < -0.4 is 9.47 Å². The van der Waals surface area contributed by atoms with Gasteiger partial charge in [0.15, 0.2) is 5.75 Å². The Bertz CT molecular complexity index is 1340. The first kappa shape index (κ1) is 22.2. The fourth-order valence-corrected chi connectivity index (χ4v) is 4.33. The van der Waals surface area contributed by atoms with E-state index >= 15 is 0 Å². The van der Waals surface area contributed by atoms with Crippen LogP contribution in [0, 0.1) is 0 Å². The number of carboxylic acids is 1. The first-order valence-electron chi connectivity index (χ1n) is 9.49. The largest absolute Gasteiger partial charge is 0.573 e. The van der Waals surface area contributed by atoms with Gasteiger partial charge in [-0.25, -0.2) is 4.79 Å². The molecule has 1 aromatic heterocycles. The van der Waals surface area contributed by atoms with Crippen molar-refractivity contribution < 1.29 is 37.7 Å². The monoisotopic (exact) mass is 472 g/mol. The van der Waals surface area contributed by atoms with E-state index in [1.165, 1.54) is 36.4 Å². The predicted molar refractivity (Wildman–Crippen MR) is 119 cm³/mol. The highest BCUT2D eigenvalue weighted by Crippen LogP contribution is 2.49. The van der Waals surface area contributed by atoms with Gasteiger partial charge in [0.2, 0.25) is 0 Å². The summed E-state index contributed by atoms with van der Waals surface area (Å²) >= 11 is 1.16. The molecule has 0 radical (unpaired) electrons. The quantitative estimate of drug-likeness (QED) is 0.294. The van der Waals surface area contributed by atoms with Gasteiger partial charge in [-0.2, -0.15) is 0 Å². The molecule has 5 nitrogen and oxygen atoms in total. The van der Waals surface area contributed by atoms with Crippen molar-refractivity contribution in [3.8, 4) is 33.4 Å². The zero-order valence-corrected chi connectivity index (χ0v) is 17.5. The van der Waals surface area contributed by atoms with E-state index in [1.807, 2.05) is 0 Å². The second-order valence-electron chi connectivity index (χ2n) is 6.83. The molecule has 0 saturated carbocycles. The van der Waals surface area contributed by atoms with Gasteiger partial charge in [-0.05, 0) is 54.1 Å². The maximum Gasteiger partial charge on any atom is 0.573 e. The van der Waals surface area contributed by atoms with E-state index in [0.29, 0.717) is 32.0 Å². The molecule has 0 unspecified atom stereocenters. The van der Waals surface area contributed by atoms with Crippen molar-refractivity contribution in [2.75, 3.05) is 0 Å². The molecule has 0 bridgehead atoms. The number of carbonyl (C=O) groups is 1. The molecule has 0 fully saturated rings. The van der Waals surface area contributed by atoms with Gasteiger partial charge in [0.25, 0.3) is 0 Å². The van der Waals surface area contributed by atoms with Crippen molar-refractivity contribution in [3.63, 3.8) is 0 Å². The number of alkyl halides is 3. The second kappa shape index (κ2) is 8.87. The highest BCUT2D eigenvalue weighted by Gasteiger charge is 2.33. The highest BCUT2D eigenvalue weighted by atomic mass is 32.1. The van der Waals surface area contributed by atoms with E-state index < -0.39 is 12.3 Å². The predicted octanol–water partition coefficient (Wildman–Crippen LogP) is 7.06. The molecule has 0 aliphatic rings. The van der Waals surface area contributed by atoms with Crippen LogP contribution in [-0.2, 0) is 4.79 Å². The van der Waals surface area contributed by atoms with Gasteiger partial charge < -0.3 is 19.7 Å². The molecule has 2 N–H and O–H groups in total. The third-order valence-corrected chi connectivity index (χ3v) is 5.67. The van der Waals surface area contributed by atoms with E-state index in [9.17, 15) is 23.1 Å². The van der Waals surface area contributed by atoms with Gasteiger partial charge in [-0.15, -0.1) is 24.5 Å². The number of para-hydroxylation sites is 1. The lowest BCUT2D eigenvalue weighted by molar-refractivity contribution is -0.274. The number of ether oxygens (including phenoxy) is 2. The molecule has 168 valence electrons. The van der Waals surface area contributed by atoms with E-state index in [2.05, 4.69) is 4.74 Å². The summed E-state index contributed by atoms with van der Waals surface area (Å²) in [6, 6.07) is 16.9. The van der Waals surface area contributed by atoms with Crippen LogP contribution in [0.3, 0.4) is 0 Å². The van der Waals surface area contributed by atoms with Crippen LogP contribution in [0.1, 0.15) is 5.56 Å². The second-order valence-corrected chi connectivity index (χ2v) is 7.88. The number of aliphatic carboxylic acids is 1. The van der Waals surface area contributed by atoms with Crippen molar-refractivity contribution >= 4 is 33.5 Å². The van der Waals surface area contributed by atoms with Crippen LogP contribution in [0.5, 0.6) is 23.0 Å². The molecule has 0 saturated heterocycles. The van der Waals surface area contributed by atoms with Crippen LogP contribution >= 0.6 is 11.3 Å². The van der Waals surface area contributed by atoms with Gasteiger partial charge in [-0.3, -0.25) is 0 Å². The summed E-state index contributed by atoms with van der Waals surface area (Å²) in [5, 5.41) is 19.2. The van der Waals surface area contributed by atoms with Crippen LogP contribution in [0.15, 0.2) is 72.8 Å². The molecule has 0 spiro atoms. The van der Waals surface area contributed by atoms with E-state index in [0.717, 1.165) is 17.4 Å². The minimum absolute atomic E-state index is 0.0104. The summed E-state index contributed by atoms with van der Waals surface area (Å²) < 4.78 is 49.8. The first-order valence-corrected chi connectivity index (χ1v) is 10.3. The number of rotatable bonds is 6. The number of aromatic hydroxyl groups is 1. The molecular formula is C24H15F3O5S. The van der Waals surface area contributed by atoms with Crippen molar-refractivity contribution in [1.29, 1.82) is 0 Å². The average molecular weight is 472 g/mol. The number of fused-ring (bicyclic) bond motifs is 1. The summed E-state index contributed by atoms with van der Waals surface area (Å²) in [6.07, 6.45) is -2.44. The van der Waals surface area contributed by atoms with Crippen LogP contribution in [0.4, 0.5) is 13.2 Å². The number of phenolic OH excluding ortho intramolecular Hbond substituents is 1. The highest BCUT2D eigenvalue weighted by molar-refractivity contribution is 7.22. The summed E-state index contributed by atoms with van der Waals surface area (Å²) in [5.74, 6) is -0.739. The smallest absolute Gasteiger partial charge is 0.508 e. The lowest BCUT2D eigenvalue weighted by Crippen LogP contribution is -2.17. The number of hydrogen-bond acceptors (Lipinski definition) is 5. The van der Waals surface area contributed by atoms with Crippen LogP contribution in [0.25, 0.3) is 26.6 Å². The molecule has 0 aliphatic heterocycles. The minimum atomic E-state index is -4.87. The molecule has 0 amide bonds. The number of halogens is 3. The number of carboxylic acid groups (broad SMARTS) is 1. The maximum absolute atomic E-state index is 13.0. The average Bonchev–Trinajstić information content (AvgIpc) is 3.09. The van der Waals surface area contributed by atoms with Gasteiger partial charge in [-0.1, -0.05) is 24.3 Å². The Morgan fingerprint density at radius 1 is 1.00 bits per heavy atom. The standard InChI is InChI=1S/C24H15F3O5S/c25-24(26,27)32-19-4-2-1-3-17(19)23-22(18-11-8-15(28)13-20(18)33-23)31-16-9-5-14(6-10-16)7-12-21(29)30/h1-13,28H,(H,29,30)/b12-7+. The van der Waals surface area contributed by atoms with E-state index in [4.69, 9.17) is 9.84 Å². The normalized spacial score (nSPS) is 11.7. The summed E-state index contributed by atoms with van der Waals surface area (Å²) in [7, 11) is 0. The fraction of sp³-hybridized carbons (Fsp3) is 0.0417. The summed E-state index contributed by atoms with van der Waals surface area (Å²) in [6.45, 7) is 0. The van der Waals surface area contributed by atoms with Crippen molar-refractivity contribution in [2.24, 2.45) is 0 Å². The van der Waals surface area contributed by atoms with Crippen molar-refractivity contribution in [3.05, 3.63) is 78.4 Å². The minimum Gasteiger partial charge on any atom is -0.508 e. The van der Waals surface area contributed by atoms with E-state index in [-0.39, 0.29) is 17.1 Å². The summed E-state index contributed by atoms with van der Waals surface area (Å²) in [4.78, 5) is 11.1. The summed E-state index contributed by atoms with van der Waals surface area (Å²) in [5.41, 5.74) is 0.820. The zero-order chi connectivity index (χ0) is 23.6. The van der Waals surface area contributed by atoms with Gasteiger partial charge in [0.1, 0.15) is 17.2 Å². The van der Waals surface area contributed by atoms with Gasteiger partial charge >= 0.3 is 12.3 Å². The van der Waals surface area contributed by atoms with Gasteiger partial charge in [0, 0.05) is 21.7 Å². The molecule has 33 heavy (non-hydrogen) atoms. The topological polar surface area (TPSA) is 76.0 Å². The Labute approximate surface area is 189 Å². The lowest BCUT2D eigenvalue weighted by Gasteiger charge is -2.14. The molecule has 9 heteroatoms. The molecule has 0 aliphatic carbocycles. The molecule has 4 rings (SSSR count). The maximum atomic E-state index is 13.0. The van der Waals surface area contributed by atoms with Crippen LogP contribution in [0.2, 0.25) is 0 Å². The van der Waals surface area contributed by atoms with E-state index in [1.54, 1.807) is 36.4 Å². The third kappa shape index (κ3) is 5.27. The fourth-order valence-electron chi connectivity index (χ4n) is 3.14. The number of benzene rings is 3. The Hall–Kier alpha value is -3.98. The molecule has 0 atom stereocenters. The zero-order valence-electron chi connectivity index (χ0n) is 16.7. The number of hydrogen-bond donors (Lipinski definition) is 2. The Balaban J connectivity index is 1.79. The van der Waals surface area contributed by atoms with Crippen LogP contribution in [-0.4, -0.2) is 22.5 Å². The molecular weight excluding hydrogens is 457 g/mol. The lowest BCUT2D eigenvalue weighted by atomic mass is 10.1. The molecule has 1 heterocycles. The SMILES string of the molecule is O=C(O)/C=C/c1ccc(Oc2c(-c3ccccc3OC(F)(F)F)sc3cc(O)ccc23)cc1. The molecule has 4 aromatic rings. The Morgan fingerprint density at radius 2 is 1.73 bits per heavy atom. The first-order chi connectivity index (χ1) is 15.7. The number of phenols is 1. The van der Waals surface area contributed by atoms with Gasteiger partial charge in [0.05, 0.1) is 4.88 Å². The molecule has 3 aromatic carbocycles. The Kier molecular flexibility index (Phi) is 5.97. The Morgan fingerprint density at radius 3 is 2.42 bits per heavy atom.